The van der Waals surface area contributed by atoms with E-state index in [1.54, 1.807) is 22.2 Å². The van der Waals surface area contributed by atoms with Crippen LogP contribution in [0.15, 0.2) is 78.9 Å². The van der Waals surface area contributed by atoms with Crippen LogP contribution in [0.25, 0.3) is 0 Å². The highest BCUT2D eigenvalue weighted by Crippen LogP contribution is 2.29. The second-order valence-corrected chi connectivity index (χ2v) is 11.1. The molecule has 2 heterocycles. The number of carbonyl (C=O) groups is 2. The third kappa shape index (κ3) is 6.68. The van der Waals surface area contributed by atoms with Gasteiger partial charge in [0.1, 0.15) is 11.9 Å². The molecule has 3 aromatic carbocycles. The van der Waals surface area contributed by atoms with Gasteiger partial charge in [0.25, 0.3) is 0 Å². The number of hydrogen-bond donors (Lipinski definition) is 2. The van der Waals surface area contributed by atoms with Crippen molar-refractivity contribution in [3.63, 3.8) is 0 Å². The van der Waals surface area contributed by atoms with Gasteiger partial charge in [0.05, 0.1) is 19.1 Å². The van der Waals surface area contributed by atoms with E-state index in [-0.39, 0.29) is 36.8 Å². The molecule has 5 rings (SSSR count). The number of carbonyl (C=O) groups excluding carboxylic acids is 2. The van der Waals surface area contributed by atoms with Crippen molar-refractivity contribution >= 4 is 17.6 Å². The Morgan fingerprint density at radius 1 is 1.00 bits per heavy atom. The highest BCUT2D eigenvalue weighted by Gasteiger charge is 2.48. The molecule has 2 fully saturated rings. The van der Waals surface area contributed by atoms with E-state index in [4.69, 9.17) is 6.42 Å². The first-order valence-corrected chi connectivity index (χ1v) is 14.2. The fraction of sp³-hybridized carbons (Fsp3) is 0.333. The van der Waals surface area contributed by atoms with Crippen LogP contribution in [-0.2, 0) is 24.3 Å². The van der Waals surface area contributed by atoms with Crippen LogP contribution in [0, 0.1) is 12.3 Å². The normalized spacial score (nSPS) is 19.2. The lowest BCUT2D eigenvalue weighted by molar-refractivity contribution is -0.182. The van der Waals surface area contributed by atoms with E-state index in [0.29, 0.717) is 32.6 Å². The molecule has 9 heteroatoms. The van der Waals surface area contributed by atoms with Crippen LogP contribution >= 0.6 is 0 Å². The minimum absolute atomic E-state index is 0.0242. The lowest BCUT2D eigenvalue weighted by Gasteiger charge is -2.55. The number of nitrogens with one attached hydrogen (secondary N) is 1. The van der Waals surface area contributed by atoms with Crippen LogP contribution < -0.4 is 10.2 Å². The van der Waals surface area contributed by atoms with Gasteiger partial charge in [0, 0.05) is 46.0 Å². The molecular weight excluding hydrogens is 528 g/mol. The van der Waals surface area contributed by atoms with Crippen molar-refractivity contribution in [1.29, 1.82) is 0 Å². The van der Waals surface area contributed by atoms with Gasteiger partial charge in [0.15, 0.2) is 0 Å². The smallest absolute Gasteiger partial charge is 0.334 e. The van der Waals surface area contributed by atoms with Crippen LogP contribution in [0.4, 0.5) is 10.5 Å². The summed E-state index contributed by atoms with van der Waals surface area (Å²) < 4.78 is 0. The van der Waals surface area contributed by atoms with E-state index in [9.17, 15) is 14.7 Å². The summed E-state index contributed by atoms with van der Waals surface area (Å²) in [6.45, 7) is 2.31. The number of phenolic OH excluding ortho intramolecular Hbond substituents is 1. The molecule has 2 aliphatic rings. The predicted molar refractivity (Wildman–Crippen MR) is 163 cm³/mol. The van der Waals surface area contributed by atoms with Gasteiger partial charge in [-0.05, 0) is 47.4 Å². The number of rotatable bonds is 8. The van der Waals surface area contributed by atoms with Crippen molar-refractivity contribution in [2.75, 3.05) is 45.2 Å². The Bertz CT molecular complexity index is 1420. The molecule has 0 spiro atoms. The largest absolute Gasteiger partial charge is 0.508 e. The summed E-state index contributed by atoms with van der Waals surface area (Å²) >= 11 is 0. The Balaban J connectivity index is 1.46. The predicted octanol–water partition coefficient (Wildman–Crippen LogP) is 3.12. The number of anilines is 1. The molecule has 9 nitrogen and oxygen atoms in total. The highest BCUT2D eigenvalue weighted by atomic mass is 16.3. The summed E-state index contributed by atoms with van der Waals surface area (Å²) in [6, 6.07) is 24.7. The summed E-state index contributed by atoms with van der Waals surface area (Å²) in [6.07, 6.45) is 5.75. The first-order valence-electron chi connectivity index (χ1n) is 14.2. The number of hydrogen-bond acceptors (Lipinski definition) is 6. The number of nitrogens with zero attached hydrogens (tertiary/aromatic N) is 5. The molecule has 0 unspecified atom stereocenters. The molecule has 2 N–H and O–H groups in total. The molecule has 0 aliphatic carbocycles. The zero-order chi connectivity index (χ0) is 29.6. The summed E-state index contributed by atoms with van der Waals surface area (Å²) in [5, 5.41) is 16.2. The van der Waals surface area contributed by atoms with Crippen LogP contribution in [0.3, 0.4) is 0 Å². The Labute approximate surface area is 247 Å². The van der Waals surface area contributed by atoms with Gasteiger partial charge < -0.3 is 20.2 Å². The van der Waals surface area contributed by atoms with Gasteiger partial charge in [0.2, 0.25) is 5.91 Å². The number of aromatic hydroxyl groups is 1. The molecule has 0 bridgehead atoms. The molecule has 0 aromatic heterocycles. The Kier molecular flexibility index (Phi) is 8.96. The quantitative estimate of drug-likeness (QED) is 0.408. The maximum Gasteiger partial charge on any atom is 0.334 e. The monoisotopic (exact) mass is 566 g/mol. The highest BCUT2D eigenvalue weighted by molar-refractivity contribution is 5.83. The van der Waals surface area contributed by atoms with E-state index in [2.05, 4.69) is 45.3 Å². The van der Waals surface area contributed by atoms with Gasteiger partial charge in [-0.15, -0.1) is 6.42 Å². The van der Waals surface area contributed by atoms with Crippen molar-refractivity contribution in [3.8, 4) is 18.1 Å². The third-order valence-corrected chi connectivity index (χ3v) is 7.81. The van der Waals surface area contributed by atoms with Crippen LogP contribution in [0.1, 0.15) is 16.7 Å². The second-order valence-electron chi connectivity index (χ2n) is 11.1. The average molecular weight is 567 g/mol. The summed E-state index contributed by atoms with van der Waals surface area (Å²) in [7, 11) is 4.04. The Hall–Kier alpha value is -4.52. The molecule has 2 atom stereocenters. The number of benzene rings is 3. The van der Waals surface area contributed by atoms with E-state index in [1.165, 1.54) is 0 Å². The minimum atomic E-state index is -0.539. The van der Waals surface area contributed by atoms with Crippen molar-refractivity contribution in [2.24, 2.45) is 0 Å². The Morgan fingerprint density at radius 3 is 2.45 bits per heavy atom. The Morgan fingerprint density at radius 2 is 1.74 bits per heavy atom. The second kappa shape index (κ2) is 13.0. The van der Waals surface area contributed by atoms with Crippen LogP contribution in [0.5, 0.6) is 5.75 Å². The number of urea groups is 1. The third-order valence-electron chi connectivity index (χ3n) is 7.81. The minimum Gasteiger partial charge on any atom is -0.508 e. The lowest BCUT2D eigenvalue weighted by atomic mass is 9.99. The van der Waals surface area contributed by atoms with E-state index in [1.807, 2.05) is 61.5 Å². The van der Waals surface area contributed by atoms with Gasteiger partial charge in [-0.2, -0.15) is 5.01 Å². The SMILES string of the molecule is C#CCN1CC(=O)N2[C@@H](Cc3ccc(O)cc3)CN(Cc3cccc(N(C)C)c3)C[C@@H]2N1C(=O)NCc1ccccc1. The topological polar surface area (TPSA) is 82.6 Å². The summed E-state index contributed by atoms with van der Waals surface area (Å²) in [5.41, 5.74) is 4.25. The van der Waals surface area contributed by atoms with E-state index in [0.717, 1.165) is 22.4 Å². The summed E-state index contributed by atoms with van der Waals surface area (Å²) in [5.74, 6) is 2.77. The van der Waals surface area contributed by atoms with E-state index < -0.39 is 6.17 Å². The first kappa shape index (κ1) is 29.0. The average Bonchev–Trinajstić information content (AvgIpc) is 2.98. The molecule has 2 aliphatic heterocycles. The molecule has 42 heavy (non-hydrogen) atoms. The molecule has 3 aromatic rings. The zero-order valence-electron chi connectivity index (χ0n) is 24.2. The number of amides is 3. The zero-order valence-corrected chi connectivity index (χ0v) is 24.2. The van der Waals surface area contributed by atoms with Crippen LogP contribution in [0.2, 0.25) is 0 Å². The number of piperazine rings is 1. The molecule has 3 amide bonds. The maximum absolute atomic E-state index is 13.8. The lowest BCUT2D eigenvalue weighted by Crippen LogP contribution is -2.75. The molecule has 0 saturated carbocycles. The standard InChI is InChI=1S/C33H38N6O3/c1-4-17-37-24-32(41)38-29(18-25-13-15-30(40)16-14-25)22-36(21-27-11-8-12-28(19-27)35(2)3)23-31(38)39(37)33(42)34-20-26-9-6-5-7-10-26/h1,5-16,19,29,31,40H,17-18,20-24H2,2-3H3,(H,34,42)/t29-,31-/m0/s1. The number of fused-ring (bicyclic) bond motifs is 1. The van der Waals surface area contributed by atoms with Crippen molar-refractivity contribution < 1.29 is 14.7 Å². The molecular formula is C33H38N6O3. The van der Waals surface area contributed by atoms with Crippen LogP contribution in [-0.4, -0.2) is 89.3 Å². The molecule has 0 radical (unpaired) electrons. The van der Waals surface area contributed by atoms with Gasteiger partial charge in [-0.1, -0.05) is 60.5 Å². The fourth-order valence-electron chi connectivity index (χ4n) is 5.83. The number of phenols is 1. The first-order chi connectivity index (χ1) is 20.3. The fourth-order valence-corrected chi connectivity index (χ4v) is 5.83. The van der Waals surface area contributed by atoms with Gasteiger partial charge in [-0.25, -0.2) is 9.80 Å². The summed E-state index contributed by atoms with van der Waals surface area (Å²) in [4.78, 5) is 33.8. The van der Waals surface area contributed by atoms with Crippen molar-refractivity contribution in [3.05, 3.63) is 95.6 Å². The molecule has 2 saturated heterocycles. The number of terminal acetylenes is 1. The van der Waals surface area contributed by atoms with Gasteiger partial charge >= 0.3 is 6.03 Å². The van der Waals surface area contributed by atoms with Gasteiger partial charge in [-0.3, -0.25) is 9.69 Å². The van der Waals surface area contributed by atoms with Crippen molar-refractivity contribution in [1.82, 2.24) is 25.1 Å². The number of hydrazine groups is 1. The molecule has 218 valence electrons. The maximum atomic E-state index is 13.8. The van der Waals surface area contributed by atoms with Crippen molar-refractivity contribution in [2.45, 2.75) is 31.7 Å². The van der Waals surface area contributed by atoms with E-state index >= 15 is 0 Å².